The minimum absolute atomic E-state index is 0.0477. The van der Waals surface area contributed by atoms with Gasteiger partial charge in [-0.3, -0.25) is 0 Å². The SMILES string of the molecule is CCC1(CC(NC(=O)OC(C)(C)C)C(=O)OC)C=CCC1. The number of nitrogens with one attached hydrogen (secondary N) is 1. The first-order valence-electron chi connectivity index (χ1n) is 7.46. The number of hydrogen-bond acceptors (Lipinski definition) is 4. The van der Waals surface area contributed by atoms with E-state index in [0.29, 0.717) is 6.42 Å². The van der Waals surface area contributed by atoms with Crippen molar-refractivity contribution >= 4 is 12.1 Å². The van der Waals surface area contributed by atoms with E-state index in [4.69, 9.17) is 9.47 Å². The van der Waals surface area contributed by atoms with E-state index in [1.54, 1.807) is 20.8 Å². The number of alkyl carbamates (subject to hydrolysis) is 1. The van der Waals surface area contributed by atoms with Crippen LogP contribution in [0.2, 0.25) is 0 Å². The van der Waals surface area contributed by atoms with Crippen molar-refractivity contribution in [2.24, 2.45) is 5.41 Å². The van der Waals surface area contributed by atoms with Gasteiger partial charge in [-0.2, -0.15) is 0 Å². The minimum atomic E-state index is -0.687. The first-order chi connectivity index (χ1) is 9.71. The highest BCUT2D eigenvalue weighted by Gasteiger charge is 2.35. The van der Waals surface area contributed by atoms with Crippen molar-refractivity contribution in [2.75, 3.05) is 7.11 Å². The Morgan fingerprint density at radius 3 is 2.48 bits per heavy atom. The maximum absolute atomic E-state index is 11.9. The zero-order valence-electron chi connectivity index (χ0n) is 13.7. The topological polar surface area (TPSA) is 64.6 Å². The van der Waals surface area contributed by atoms with E-state index in [2.05, 4.69) is 24.4 Å². The van der Waals surface area contributed by atoms with Crippen LogP contribution in [0.25, 0.3) is 0 Å². The highest BCUT2D eigenvalue weighted by atomic mass is 16.6. The lowest BCUT2D eigenvalue weighted by Gasteiger charge is -2.30. The van der Waals surface area contributed by atoms with Gasteiger partial charge < -0.3 is 14.8 Å². The van der Waals surface area contributed by atoms with Gasteiger partial charge in [0.1, 0.15) is 11.6 Å². The molecular weight excluding hydrogens is 270 g/mol. The lowest BCUT2D eigenvalue weighted by Crippen LogP contribution is -2.46. The zero-order chi connectivity index (χ0) is 16.1. The van der Waals surface area contributed by atoms with Crippen molar-refractivity contribution in [1.29, 1.82) is 0 Å². The third-order valence-corrected chi connectivity index (χ3v) is 3.77. The smallest absolute Gasteiger partial charge is 0.408 e. The summed E-state index contributed by atoms with van der Waals surface area (Å²) in [5, 5.41) is 2.64. The molecule has 120 valence electrons. The molecule has 0 spiro atoms. The van der Waals surface area contributed by atoms with Crippen LogP contribution >= 0.6 is 0 Å². The first kappa shape index (κ1) is 17.5. The molecule has 0 aliphatic heterocycles. The molecule has 2 atom stereocenters. The molecule has 0 aromatic carbocycles. The number of amides is 1. The van der Waals surface area contributed by atoms with Gasteiger partial charge in [0.2, 0.25) is 0 Å². The number of carbonyl (C=O) groups is 2. The minimum Gasteiger partial charge on any atom is -0.467 e. The second-order valence-electron chi connectivity index (χ2n) is 6.58. The molecule has 21 heavy (non-hydrogen) atoms. The van der Waals surface area contributed by atoms with Crippen molar-refractivity contribution in [3.05, 3.63) is 12.2 Å². The van der Waals surface area contributed by atoms with Crippen LogP contribution in [0.15, 0.2) is 12.2 Å². The molecule has 1 N–H and O–H groups in total. The average Bonchev–Trinajstić information content (AvgIpc) is 2.84. The Hall–Kier alpha value is -1.52. The lowest BCUT2D eigenvalue weighted by molar-refractivity contribution is -0.144. The van der Waals surface area contributed by atoms with E-state index in [1.165, 1.54) is 7.11 Å². The fourth-order valence-electron chi connectivity index (χ4n) is 2.59. The summed E-state index contributed by atoms with van der Waals surface area (Å²) in [5.74, 6) is -0.436. The summed E-state index contributed by atoms with van der Waals surface area (Å²) < 4.78 is 10.0. The molecule has 1 aliphatic carbocycles. The molecule has 0 aromatic rings. The van der Waals surface area contributed by atoms with Gasteiger partial charge in [-0.05, 0) is 51.9 Å². The monoisotopic (exact) mass is 297 g/mol. The maximum atomic E-state index is 11.9. The van der Waals surface area contributed by atoms with Gasteiger partial charge in [-0.15, -0.1) is 0 Å². The van der Waals surface area contributed by atoms with Gasteiger partial charge in [-0.1, -0.05) is 19.1 Å². The Morgan fingerprint density at radius 2 is 2.05 bits per heavy atom. The van der Waals surface area contributed by atoms with Gasteiger partial charge in [-0.25, -0.2) is 9.59 Å². The molecule has 0 saturated heterocycles. The van der Waals surface area contributed by atoms with Crippen LogP contribution in [-0.4, -0.2) is 30.8 Å². The summed E-state index contributed by atoms with van der Waals surface area (Å²) in [6.07, 6.45) is 7.15. The molecule has 2 unspecified atom stereocenters. The van der Waals surface area contributed by atoms with Crippen LogP contribution in [0.1, 0.15) is 53.4 Å². The van der Waals surface area contributed by atoms with Crippen molar-refractivity contribution in [1.82, 2.24) is 5.32 Å². The van der Waals surface area contributed by atoms with Crippen molar-refractivity contribution in [3.8, 4) is 0 Å². The van der Waals surface area contributed by atoms with E-state index >= 15 is 0 Å². The fourth-order valence-corrected chi connectivity index (χ4v) is 2.59. The standard InChI is InChI=1S/C16H27NO4/c1-6-16(9-7-8-10-16)11-12(13(18)20-5)17-14(19)21-15(2,3)4/h7,9,12H,6,8,10-11H2,1-5H3,(H,17,19). The molecule has 5 heteroatoms. The predicted molar refractivity (Wildman–Crippen MR) is 80.9 cm³/mol. The summed E-state index contributed by atoms with van der Waals surface area (Å²) >= 11 is 0. The Balaban J connectivity index is 2.75. The fraction of sp³-hybridized carbons (Fsp3) is 0.750. The molecule has 0 bridgehead atoms. The first-order valence-corrected chi connectivity index (χ1v) is 7.46. The van der Waals surface area contributed by atoms with Crippen LogP contribution in [-0.2, 0) is 14.3 Å². The van der Waals surface area contributed by atoms with Crippen LogP contribution in [0.4, 0.5) is 4.79 Å². The number of rotatable bonds is 5. The zero-order valence-corrected chi connectivity index (χ0v) is 13.7. The van der Waals surface area contributed by atoms with E-state index in [0.717, 1.165) is 19.3 Å². The highest BCUT2D eigenvalue weighted by molar-refractivity contribution is 5.81. The second kappa shape index (κ2) is 6.96. The largest absolute Gasteiger partial charge is 0.467 e. The van der Waals surface area contributed by atoms with Crippen molar-refractivity contribution < 1.29 is 19.1 Å². The van der Waals surface area contributed by atoms with E-state index in [9.17, 15) is 9.59 Å². The third kappa shape index (κ3) is 5.40. The number of methoxy groups -OCH3 is 1. The van der Waals surface area contributed by atoms with Gasteiger partial charge in [0.25, 0.3) is 0 Å². The molecule has 1 rings (SSSR count). The normalized spacial score (nSPS) is 22.7. The molecule has 1 amide bonds. The molecule has 0 heterocycles. The Kier molecular flexibility index (Phi) is 5.81. The quantitative estimate of drug-likeness (QED) is 0.625. The number of esters is 1. The molecule has 0 radical (unpaired) electrons. The van der Waals surface area contributed by atoms with Crippen molar-refractivity contribution in [3.63, 3.8) is 0 Å². The van der Waals surface area contributed by atoms with Crippen molar-refractivity contribution in [2.45, 2.75) is 65.0 Å². The van der Waals surface area contributed by atoms with Crippen LogP contribution in [0.3, 0.4) is 0 Å². The predicted octanol–water partition coefficient (Wildman–Crippen LogP) is 3.19. The maximum Gasteiger partial charge on any atom is 0.408 e. The molecule has 0 saturated carbocycles. The molecule has 0 aromatic heterocycles. The van der Waals surface area contributed by atoms with E-state index in [-0.39, 0.29) is 5.41 Å². The summed E-state index contributed by atoms with van der Waals surface area (Å²) in [6, 6.07) is -0.687. The number of allylic oxidation sites excluding steroid dienone is 2. The van der Waals surface area contributed by atoms with Gasteiger partial charge in [0.05, 0.1) is 7.11 Å². The Bertz CT molecular complexity index is 411. The number of carbonyl (C=O) groups excluding carboxylic acids is 2. The number of hydrogen-bond donors (Lipinski definition) is 1. The molecule has 0 fully saturated rings. The molecule has 5 nitrogen and oxygen atoms in total. The summed E-state index contributed by atoms with van der Waals surface area (Å²) in [6.45, 7) is 7.45. The van der Waals surface area contributed by atoms with Gasteiger partial charge in [0.15, 0.2) is 0 Å². The highest BCUT2D eigenvalue weighted by Crippen LogP contribution is 2.39. The van der Waals surface area contributed by atoms with Crippen LogP contribution < -0.4 is 5.32 Å². The third-order valence-electron chi connectivity index (χ3n) is 3.77. The average molecular weight is 297 g/mol. The summed E-state index contributed by atoms with van der Waals surface area (Å²) in [4.78, 5) is 23.8. The number of ether oxygens (including phenoxy) is 2. The van der Waals surface area contributed by atoms with E-state index in [1.807, 2.05) is 0 Å². The van der Waals surface area contributed by atoms with Gasteiger partial charge >= 0.3 is 12.1 Å². The van der Waals surface area contributed by atoms with Crippen LogP contribution in [0, 0.1) is 5.41 Å². The van der Waals surface area contributed by atoms with Gasteiger partial charge in [0, 0.05) is 0 Å². The van der Waals surface area contributed by atoms with E-state index < -0.39 is 23.7 Å². The lowest BCUT2D eigenvalue weighted by atomic mass is 9.79. The molecular formula is C16H27NO4. The Morgan fingerprint density at radius 1 is 1.38 bits per heavy atom. The Labute approximate surface area is 127 Å². The molecule has 1 aliphatic rings. The summed E-state index contributed by atoms with van der Waals surface area (Å²) in [5.41, 5.74) is -0.645. The summed E-state index contributed by atoms with van der Waals surface area (Å²) in [7, 11) is 1.33. The van der Waals surface area contributed by atoms with Crippen LogP contribution in [0.5, 0.6) is 0 Å². The second-order valence-corrected chi connectivity index (χ2v) is 6.58.